The number of rotatable bonds is 0. The Morgan fingerprint density at radius 2 is 0.643 bits per heavy atom. The molecule has 0 amide bonds. The first kappa shape index (κ1) is 29.3. The molecule has 8 nitrogen and oxygen atoms in total. The van der Waals surface area contributed by atoms with Crippen molar-refractivity contribution in [3.05, 3.63) is 13.2 Å². The van der Waals surface area contributed by atoms with Crippen LogP contribution in [-0.2, 0) is 20.8 Å². The summed E-state index contributed by atoms with van der Waals surface area (Å²) in [4.78, 5) is 0. The standard InChI is InChI=1S/C2H4.2Li.2H2O4S.2H/c1-2;;;2*1-5(2,3)4;;/h1-2H2;;;2*(H2,1,2,3,4);;. The fraction of sp³-hybridized carbons (Fsp3) is 0. The molecule has 0 radical (unpaired) electrons. The first-order chi connectivity index (χ1) is 5.00. The molecule has 0 aliphatic heterocycles. The molecule has 4 N–H and O–H groups in total. The number of hydrogen-bond acceptors (Lipinski definition) is 4. The van der Waals surface area contributed by atoms with Gasteiger partial charge in [0.25, 0.3) is 0 Å². The fourth-order valence-corrected chi connectivity index (χ4v) is 0. The van der Waals surface area contributed by atoms with Crippen LogP contribution in [0, 0.1) is 0 Å². The van der Waals surface area contributed by atoms with Gasteiger partial charge < -0.3 is 0 Å². The van der Waals surface area contributed by atoms with E-state index in [2.05, 4.69) is 13.2 Å². The van der Waals surface area contributed by atoms with Crippen LogP contribution in [0.2, 0.25) is 0 Å². The van der Waals surface area contributed by atoms with Gasteiger partial charge in [0, 0.05) is 0 Å². The van der Waals surface area contributed by atoms with E-state index >= 15 is 0 Å². The zero-order chi connectivity index (χ0) is 11.0. The van der Waals surface area contributed by atoms with Crippen molar-refractivity contribution in [2.45, 2.75) is 0 Å². The van der Waals surface area contributed by atoms with Crippen LogP contribution >= 0.6 is 0 Å². The van der Waals surface area contributed by atoms with Crippen LogP contribution in [0.3, 0.4) is 0 Å². The van der Waals surface area contributed by atoms with E-state index < -0.39 is 20.8 Å². The van der Waals surface area contributed by atoms with E-state index in [0.717, 1.165) is 0 Å². The Morgan fingerprint density at radius 3 is 0.643 bits per heavy atom. The molecule has 0 aromatic carbocycles. The second-order valence-corrected chi connectivity index (χ2v) is 2.69. The molecule has 0 aromatic heterocycles. The van der Waals surface area contributed by atoms with Crippen molar-refractivity contribution in [3.8, 4) is 0 Å². The van der Waals surface area contributed by atoms with Crippen LogP contribution in [0.4, 0.5) is 0 Å². The van der Waals surface area contributed by atoms with Crippen LogP contribution in [0.5, 0.6) is 0 Å². The van der Waals surface area contributed by atoms with Crippen molar-refractivity contribution in [2.75, 3.05) is 0 Å². The van der Waals surface area contributed by atoms with Crippen LogP contribution < -0.4 is 0 Å². The van der Waals surface area contributed by atoms with Crippen molar-refractivity contribution in [1.82, 2.24) is 0 Å². The van der Waals surface area contributed by atoms with Gasteiger partial charge in [-0.2, -0.15) is 16.8 Å². The van der Waals surface area contributed by atoms with Crippen molar-refractivity contribution in [1.29, 1.82) is 0 Å². The minimum atomic E-state index is -4.67. The van der Waals surface area contributed by atoms with E-state index in [-0.39, 0.29) is 37.7 Å². The molecule has 0 atom stereocenters. The summed E-state index contributed by atoms with van der Waals surface area (Å²) in [5.41, 5.74) is 0. The third kappa shape index (κ3) is 3790. The van der Waals surface area contributed by atoms with Crippen LogP contribution in [-0.4, -0.2) is 72.8 Å². The van der Waals surface area contributed by atoms with Crippen molar-refractivity contribution < 1.29 is 35.0 Å². The Hall–Kier alpha value is 0.675. The van der Waals surface area contributed by atoms with E-state index in [4.69, 9.17) is 35.0 Å². The number of hydrogen-bond donors (Lipinski definition) is 4. The van der Waals surface area contributed by atoms with Crippen LogP contribution in [0.25, 0.3) is 0 Å². The summed E-state index contributed by atoms with van der Waals surface area (Å²) in [6, 6.07) is 0. The molecule has 12 heteroatoms. The summed E-state index contributed by atoms with van der Waals surface area (Å²) in [5, 5.41) is 0. The topological polar surface area (TPSA) is 149 Å². The second kappa shape index (κ2) is 13.7. The van der Waals surface area contributed by atoms with E-state index in [1.807, 2.05) is 0 Å². The fourth-order valence-electron chi connectivity index (χ4n) is 0. The Balaban J connectivity index is -0.0000000292. The molecule has 0 aromatic rings. The summed E-state index contributed by atoms with van der Waals surface area (Å²) in [6.07, 6.45) is 0. The first-order valence-electron chi connectivity index (χ1n) is 1.90. The molecular formula is C2H10Li2O8S2. The Labute approximate surface area is 106 Å². The predicted octanol–water partition coefficient (Wildman–Crippen LogP) is -1.80. The Bertz CT molecular complexity index is 232. The van der Waals surface area contributed by atoms with Gasteiger partial charge in [0.1, 0.15) is 0 Å². The van der Waals surface area contributed by atoms with E-state index in [9.17, 15) is 0 Å². The maximum atomic E-state index is 8.74. The SMILES string of the molecule is C=C.O=S(=O)(O)O.O=S(=O)(O)O.[LiH].[LiH]. The average molecular weight is 240 g/mol. The molecule has 0 unspecified atom stereocenters. The van der Waals surface area contributed by atoms with Gasteiger partial charge >= 0.3 is 58.5 Å². The van der Waals surface area contributed by atoms with Gasteiger partial charge in [0.05, 0.1) is 0 Å². The van der Waals surface area contributed by atoms with E-state index in [1.54, 1.807) is 0 Å². The molecule has 0 bridgehead atoms. The van der Waals surface area contributed by atoms with E-state index in [0.29, 0.717) is 0 Å². The molecule has 0 aliphatic rings. The van der Waals surface area contributed by atoms with Crippen LogP contribution in [0.1, 0.15) is 0 Å². The molecular weight excluding hydrogens is 230 g/mol. The van der Waals surface area contributed by atoms with E-state index in [1.165, 1.54) is 0 Å². The molecule has 0 spiro atoms. The quantitative estimate of drug-likeness (QED) is 0.220. The molecule has 80 valence electrons. The summed E-state index contributed by atoms with van der Waals surface area (Å²) >= 11 is 0. The second-order valence-electron chi connectivity index (χ2n) is 0.896. The molecule has 14 heavy (non-hydrogen) atoms. The molecule has 0 saturated heterocycles. The minimum absolute atomic E-state index is 0. The summed E-state index contributed by atoms with van der Waals surface area (Å²) in [7, 11) is -9.33. The van der Waals surface area contributed by atoms with Gasteiger partial charge in [0.15, 0.2) is 0 Å². The summed E-state index contributed by atoms with van der Waals surface area (Å²) in [5.74, 6) is 0. The molecule has 0 aliphatic carbocycles. The monoisotopic (exact) mass is 240 g/mol. The van der Waals surface area contributed by atoms with Gasteiger partial charge in [-0.3, -0.25) is 18.2 Å². The Kier molecular flexibility index (Phi) is 28.6. The van der Waals surface area contributed by atoms with Crippen molar-refractivity contribution in [2.24, 2.45) is 0 Å². The van der Waals surface area contributed by atoms with Gasteiger partial charge in [-0.25, -0.2) is 0 Å². The zero-order valence-electron chi connectivity index (χ0n) is 5.65. The van der Waals surface area contributed by atoms with Gasteiger partial charge in [-0.1, -0.05) is 0 Å². The third-order valence-corrected chi connectivity index (χ3v) is 0. The summed E-state index contributed by atoms with van der Waals surface area (Å²) < 4.78 is 63.2. The Morgan fingerprint density at radius 1 is 0.643 bits per heavy atom. The van der Waals surface area contributed by atoms with Gasteiger partial charge in [-0.05, 0) is 0 Å². The van der Waals surface area contributed by atoms with Crippen molar-refractivity contribution in [3.63, 3.8) is 0 Å². The predicted molar refractivity (Wildman–Crippen MR) is 53.9 cm³/mol. The molecule has 0 rings (SSSR count). The van der Waals surface area contributed by atoms with Gasteiger partial charge in [0.2, 0.25) is 0 Å². The average Bonchev–Trinajstić information content (AvgIpc) is 1.59. The van der Waals surface area contributed by atoms with Crippen LogP contribution in [0.15, 0.2) is 13.2 Å². The van der Waals surface area contributed by atoms with Crippen molar-refractivity contribution >= 4 is 58.5 Å². The zero-order valence-corrected chi connectivity index (χ0v) is 7.29. The normalized spacial score (nSPS) is 8.57. The molecule has 0 heterocycles. The van der Waals surface area contributed by atoms with Gasteiger partial charge in [-0.15, -0.1) is 13.2 Å². The maximum absolute atomic E-state index is 8.74. The molecule has 0 fully saturated rings. The summed E-state index contributed by atoms with van der Waals surface area (Å²) in [6.45, 7) is 6.00. The third-order valence-electron chi connectivity index (χ3n) is 0. The molecule has 0 saturated carbocycles. The first-order valence-corrected chi connectivity index (χ1v) is 4.69.